The number of aromatic nitrogens is 1. The first-order valence-corrected chi connectivity index (χ1v) is 5.72. The van der Waals surface area contributed by atoms with Crippen LogP contribution in [-0.2, 0) is 11.3 Å². The molecular formula is C13H14N2O3. The zero-order valence-corrected chi connectivity index (χ0v) is 10.1. The van der Waals surface area contributed by atoms with Gasteiger partial charge < -0.3 is 9.30 Å². The van der Waals surface area contributed by atoms with Crippen LogP contribution in [0.4, 0.5) is 0 Å². The van der Waals surface area contributed by atoms with Crippen molar-refractivity contribution in [1.82, 2.24) is 4.57 Å². The highest BCUT2D eigenvalue weighted by Crippen LogP contribution is 2.22. The van der Waals surface area contributed by atoms with Crippen molar-refractivity contribution in [3.05, 3.63) is 40.9 Å². The van der Waals surface area contributed by atoms with E-state index < -0.39 is 5.91 Å². The third-order valence-electron chi connectivity index (χ3n) is 2.85. The number of hydrogen-bond acceptors (Lipinski definition) is 3. The molecule has 0 aliphatic rings. The molecule has 0 bridgehead atoms. The molecule has 94 valence electrons. The third kappa shape index (κ3) is 2.31. The number of nitrogens with zero attached hydrogens (tertiary/aromatic N) is 2. The van der Waals surface area contributed by atoms with Crippen LogP contribution < -0.4 is 0 Å². The van der Waals surface area contributed by atoms with Crippen molar-refractivity contribution >= 4 is 16.8 Å². The van der Waals surface area contributed by atoms with Gasteiger partial charge in [0.2, 0.25) is 0 Å². The van der Waals surface area contributed by atoms with E-state index in [0.717, 1.165) is 23.9 Å². The molecule has 1 aromatic heterocycles. The maximum Gasteiger partial charge on any atom is 0.318 e. The normalized spacial score (nSPS) is 10.7. The SMILES string of the molecule is COCCCn1cc(C(=O)N=O)c2ccccc21. The molecule has 2 aromatic rings. The van der Waals surface area contributed by atoms with E-state index in [1.54, 1.807) is 13.3 Å². The van der Waals surface area contributed by atoms with E-state index in [9.17, 15) is 9.70 Å². The van der Waals surface area contributed by atoms with Gasteiger partial charge >= 0.3 is 5.91 Å². The van der Waals surface area contributed by atoms with Gasteiger partial charge in [-0.15, -0.1) is 4.91 Å². The van der Waals surface area contributed by atoms with Crippen LogP contribution in [0.1, 0.15) is 16.8 Å². The average Bonchev–Trinajstić information content (AvgIpc) is 2.78. The quantitative estimate of drug-likeness (QED) is 0.601. The Morgan fingerprint density at radius 2 is 2.17 bits per heavy atom. The first-order chi connectivity index (χ1) is 8.77. The number of ether oxygens (including phenoxy) is 1. The summed E-state index contributed by atoms with van der Waals surface area (Å²) in [5.74, 6) is -0.725. The van der Waals surface area contributed by atoms with E-state index >= 15 is 0 Å². The monoisotopic (exact) mass is 246 g/mol. The minimum atomic E-state index is -0.725. The summed E-state index contributed by atoms with van der Waals surface area (Å²) in [7, 11) is 1.65. The summed E-state index contributed by atoms with van der Waals surface area (Å²) in [6, 6.07) is 7.48. The molecule has 5 nitrogen and oxygen atoms in total. The Hall–Kier alpha value is -2.01. The molecule has 1 amide bonds. The number of rotatable bonds is 5. The minimum Gasteiger partial charge on any atom is -0.385 e. The summed E-state index contributed by atoms with van der Waals surface area (Å²) in [6.07, 6.45) is 2.53. The Bertz CT molecular complexity index is 575. The number of methoxy groups -OCH3 is 1. The van der Waals surface area contributed by atoms with Gasteiger partial charge in [-0.2, -0.15) is 0 Å². The summed E-state index contributed by atoms with van der Waals surface area (Å²) in [5.41, 5.74) is 1.29. The number of nitroso groups, excluding NO2 is 1. The van der Waals surface area contributed by atoms with Crippen molar-refractivity contribution in [2.75, 3.05) is 13.7 Å². The molecule has 0 fully saturated rings. The number of hydrogen-bond donors (Lipinski definition) is 0. The fourth-order valence-corrected chi connectivity index (χ4v) is 2.03. The highest BCUT2D eigenvalue weighted by Gasteiger charge is 2.14. The number of carbonyl (C=O) groups excluding carboxylic acids is 1. The van der Waals surface area contributed by atoms with Gasteiger partial charge in [-0.05, 0) is 12.5 Å². The van der Waals surface area contributed by atoms with E-state index in [1.807, 2.05) is 28.8 Å². The maximum absolute atomic E-state index is 11.5. The maximum atomic E-state index is 11.5. The van der Waals surface area contributed by atoms with Crippen molar-refractivity contribution in [1.29, 1.82) is 0 Å². The molecule has 0 spiro atoms. The number of para-hydroxylation sites is 1. The second-order valence-corrected chi connectivity index (χ2v) is 4.00. The van der Waals surface area contributed by atoms with E-state index in [-0.39, 0.29) is 0 Å². The largest absolute Gasteiger partial charge is 0.385 e. The highest BCUT2D eigenvalue weighted by atomic mass is 16.5. The molecular weight excluding hydrogens is 232 g/mol. The van der Waals surface area contributed by atoms with Gasteiger partial charge in [0, 0.05) is 42.5 Å². The fourth-order valence-electron chi connectivity index (χ4n) is 2.03. The van der Waals surface area contributed by atoms with Gasteiger partial charge in [0.15, 0.2) is 0 Å². The van der Waals surface area contributed by atoms with Crippen LogP contribution in [0.15, 0.2) is 35.6 Å². The fraction of sp³-hybridized carbons (Fsp3) is 0.308. The lowest BCUT2D eigenvalue weighted by Gasteiger charge is -2.04. The van der Waals surface area contributed by atoms with E-state index in [0.29, 0.717) is 12.2 Å². The second kappa shape index (κ2) is 5.55. The van der Waals surface area contributed by atoms with Crippen LogP contribution in [0.25, 0.3) is 10.9 Å². The Morgan fingerprint density at radius 3 is 2.89 bits per heavy atom. The van der Waals surface area contributed by atoms with Crippen molar-refractivity contribution in [3.63, 3.8) is 0 Å². The summed E-state index contributed by atoms with van der Waals surface area (Å²) < 4.78 is 6.95. The standard InChI is InChI=1S/C13H14N2O3/c1-18-8-4-7-15-9-11(13(16)14-17)10-5-2-3-6-12(10)15/h2-3,5-6,9H,4,7-8H2,1H3. The molecule has 0 unspecified atom stereocenters. The lowest BCUT2D eigenvalue weighted by molar-refractivity contribution is 0.100. The zero-order chi connectivity index (χ0) is 13.0. The Labute approximate surface area is 104 Å². The summed E-state index contributed by atoms with van der Waals surface area (Å²) in [5, 5.41) is 3.26. The Morgan fingerprint density at radius 1 is 1.39 bits per heavy atom. The summed E-state index contributed by atoms with van der Waals surface area (Å²) in [6.45, 7) is 1.39. The summed E-state index contributed by atoms with van der Waals surface area (Å²) >= 11 is 0. The molecule has 5 heteroatoms. The van der Waals surface area contributed by atoms with Gasteiger partial charge in [-0.3, -0.25) is 4.79 Å². The highest BCUT2D eigenvalue weighted by molar-refractivity contribution is 6.07. The molecule has 0 aliphatic heterocycles. The predicted octanol–water partition coefficient (Wildman–Crippen LogP) is 2.58. The Balaban J connectivity index is 2.41. The van der Waals surface area contributed by atoms with Crippen molar-refractivity contribution < 1.29 is 9.53 Å². The van der Waals surface area contributed by atoms with Gasteiger partial charge in [-0.1, -0.05) is 18.2 Å². The van der Waals surface area contributed by atoms with Crippen LogP contribution in [0.3, 0.4) is 0 Å². The van der Waals surface area contributed by atoms with Crippen LogP contribution in [0.5, 0.6) is 0 Å². The molecule has 0 saturated heterocycles. The Kier molecular flexibility index (Phi) is 3.84. The minimum absolute atomic E-state index is 0.359. The number of carbonyl (C=O) groups is 1. The number of amides is 1. The molecule has 0 atom stereocenters. The predicted molar refractivity (Wildman–Crippen MR) is 68.6 cm³/mol. The average molecular weight is 246 g/mol. The second-order valence-electron chi connectivity index (χ2n) is 4.00. The van der Waals surface area contributed by atoms with Crippen molar-refractivity contribution in [3.8, 4) is 0 Å². The topological polar surface area (TPSA) is 60.7 Å². The van der Waals surface area contributed by atoms with Crippen LogP contribution in [-0.4, -0.2) is 24.2 Å². The van der Waals surface area contributed by atoms with Crippen LogP contribution >= 0.6 is 0 Å². The molecule has 2 rings (SSSR count). The van der Waals surface area contributed by atoms with Crippen LogP contribution in [0.2, 0.25) is 0 Å². The number of benzene rings is 1. The smallest absolute Gasteiger partial charge is 0.318 e. The molecule has 18 heavy (non-hydrogen) atoms. The summed E-state index contributed by atoms with van der Waals surface area (Å²) in [4.78, 5) is 21.8. The lowest BCUT2D eigenvalue weighted by atomic mass is 10.2. The zero-order valence-electron chi connectivity index (χ0n) is 10.1. The molecule has 0 radical (unpaired) electrons. The van der Waals surface area contributed by atoms with Crippen molar-refractivity contribution in [2.45, 2.75) is 13.0 Å². The molecule has 0 N–H and O–H groups in total. The van der Waals surface area contributed by atoms with Gasteiger partial charge in [-0.25, -0.2) is 0 Å². The molecule has 1 aromatic carbocycles. The van der Waals surface area contributed by atoms with Gasteiger partial charge in [0.05, 0.1) is 5.56 Å². The van der Waals surface area contributed by atoms with Gasteiger partial charge in [0.25, 0.3) is 0 Å². The van der Waals surface area contributed by atoms with E-state index in [1.165, 1.54) is 0 Å². The first-order valence-electron chi connectivity index (χ1n) is 5.72. The lowest BCUT2D eigenvalue weighted by Crippen LogP contribution is -2.00. The number of aryl methyl sites for hydroxylation is 1. The molecule has 1 heterocycles. The molecule has 0 saturated carbocycles. The number of fused-ring (bicyclic) bond motifs is 1. The van der Waals surface area contributed by atoms with Crippen LogP contribution in [0, 0.1) is 4.91 Å². The third-order valence-corrected chi connectivity index (χ3v) is 2.85. The van der Waals surface area contributed by atoms with E-state index in [2.05, 4.69) is 5.18 Å². The van der Waals surface area contributed by atoms with Crippen molar-refractivity contribution in [2.24, 2.45) is 5.18 Å². The first kappa shape index (κ1) is 12.4. The van der Waals surface area contributed by atoms with E-state index in [4.69, 9.17) is 4.74 Å². The molecule has 0 aliphatic carbocycles. The van der Waals surface area contributed by atoms with Gasteiger partial charge in [0.1, 0.15) is 0 Å².